The highest BCUT2D eigenvalue weighted by molar-refractivity contribution is 7.98. The smallest absolute Gasteiger partial charge is 0.326 e. The SMILES string of the molecule is CCC(C)C(N)C(=O)NC(CCSC)C(=O)NC(CCC(N)=O)C(=O)NC(C(=O)O)C(C)C. The molecule has 8 N–H and O–H groups in total. The lowest BCUT2D eigenvalue weighted by Crippen LogP contribution is -2.58. The average molecular weight is 490 g/mol. The van der Waals surface area contributed by atoms with Crippen molar-refractivity contribution in [2.75, 3.05) is 12.0 Å². The summed E-state index contributed by atoms with van der Waals surface area (Å²) in [5.41, 5.74) is 11.2. The van der Waals surface area contributed by atoms with Crippen LogP contribution < -0.4 is 27.4 Å². The fraction of sp³-hybridized carbons (Fsp3) is 0.762. The molecule has 0 radical (unpaired) electrons. The number of carbonyl (C=O) groups excluding carboxylic acids is 4. The van der Waals surface area contributed by atoms with Crippen molar-refractivity contribution >= 4 is 41.4 Å². The van der Waals surface area contributed by atoms with Crippen molar-refractivity contribution in [3.05, 3.63) is 0 Å². The standard InChI is InChI=1S/C21H39N5O6S/c1-6-12(4)16(23)20(30)25-14(9-10-33-5)18(28)24-13(7-8-15(22)27)19(29)26-17(11(2)3)21(31)32/h11-14,16-17H,6-10,23H2,1-5H3,(H2,22,27)(H,24,28)(H,25,30)(H,26,29)(H,31,32). The first-order chi connectivity index (χ1) is 15.3. The Hall–Kier alpha value is -2.34. The van der Waals surface area contributed by atoms with E-state index in [-0.39, 0.29) is 18.8 Å². The highest BCUT2D eigenvalue weighted by atomic mass is 32.2. The highest BCUT2D eigenvalue weighted by Gasteiger charge is 2.31. The number of primary amides is 1. The molecule has 0 fully saturated rings. The Labute approximate surface area is 199 Å². The predicted octanol–water partition coefficient (Wildman–Crippen LogP) is -0.427. The summed E-state index contributed by atoms with van der Waals surface area (Å²) in [6, 6.07) is -4.13. The Bertz CT molecular complexity index is 690. The molecule has 0 aliphatic carbocycles. The molecule has 0 aromatic heterocycles. The van der Waals surface area contributed by atoms with Crippen molar-refractivity contribution < 1.29 is 29.1 Å². The van der Waals surface area contributed by atoms with Crippen molar-refractivity contribution in [1.82, 2.24) is 16.0 Å². The number of aliphatic carboxylic acids is 1. The Balaban J connectivity index is 5.55. The maximum atomic E-state index is 13.0. The maximum absolute atomic E-state index is 13.0. The van der Waals surface area contributed by atoms with Gasteiger partial charge in [-0.3, -0.25) is 19.2 Å². The van der Waals surface area contributed by atoms with Gasteiger partial charge in [-0.2, -0.15) is 11.8 Å². The van der Waals surface area contributed by atoms with E-state index in [1.54, 1.807) is 13.8 Å². The Morgan fingerprint density at radius 2 is 1.42 bits per heavy atom. The van der Waals surface area contributed by atoms with Crippen molar-refractivity contribution in [1.29, 1.82) is 0 Å². The maximum Gasteiger partial charge on any atom is 0.326 e. The van der Waals surface area contributed by atoms with Gasteiger partial charge in [-0.1, -0.05) is 34.1 Å². The van der Waals surface area contributed by atoms with Crippen molar-refractivity contribution in [2.45, 2.75) is 77.5 Å². The molecule has 11 nitrogen and oxygen atoms in total. The van der Waals surface area contributed by atoms with Crippen LogP contribution >= 0.6 is 11.8 Å². The second-order valence-electron chi connectivity index (χ2n) is 8.39. The van der Waals surface area contributed by atoms with Gasteiger partial charge in [0.2, 0.25) is 23.6 Å². The van der Waals surface area contributed by atoms with Gasteiger partial charge in [-0.15, -0.1) is 0 Å². The van der Waals surface area contributed by atoms with Crippen LogP contribution in [0.25, 0.3) is 0 Å². The first-order valence-corrected chi connectivity index (χ1v) is 12.4. The highest BCUT2D eigenvalue weighted by Crippen LogP contribution is 2.09. The van der Waals surface area contributed by atoms with E-state index < -0.39 is 59.7 Å². The normalized spacial score (nSPS) is 15.6. The first kappa shape index (κ1) is 30.7. The van der Waals surface area contributed by atoms with E-state index in [0.717, 1.165) is 0 Å². The molecule has 0 bridgehead atoms. The lowest BCUT2D eigenvalue weighted by Gasteiger charge is -2.26. The lowest BCUT2D eigenvalue weighted by atomic mass is 9.99. The van der Waals surface area contributed by atoms with E-state index in [2.05, 4.69) is 16.0 Å². The number of carboxylic acid groups (broad SMARTS) is 1. The van der Waals surface area contributed by atoms with E-state index in [1.807, 2.05) is 20.1 Å². The number of carbonyl (C=O) groups is 5. The zero-order valence-corrected chi connectivity index (χ0v) is 20.9. The van der Waals surface area contributed by atoms with E-state index in [4.69, 9.17) is 11.5 Å². The number of hydrogen-bond donors (Lipinski definition) is 6. The summed E-state index contributed by atoms with van der Waals surface area (Å²) in [5, 5.41) is 16.9. The monoisotopic (exact) mass is 489 g/mol. The summed E-state index contributed by atoms with van der Waals surface area (Å²) >= 11 is 1.48. The molecule has 0 aliphatic heterocycles. The van der Waals surface area contributed by atoms with Crippen LogP contribution in [0.2, 0.25) is 0 Å². The number of carboxylic acids is 1. The van der Waals surface area contributed by atoms with Crippen molar-refractivity contribution in [2.24, 2.45) is 23.3 Å². The summed E-state index contributed by atoms with van der Waals surface area (Å²) in [6.07, 6.45) is 2.51. The third-order valence-corrected chi connectivity index (χ3v) is 5.99. The van der Waals surface area contributed by atoms with Crippen molar-refractivity contribution in [3.8, 4) is 0 Å². The molecule has 0 saturated carbocycles. The molecule has 33 heavy (non-hydrogen) atoms. The summed E-state index contributed by atoms with van der Waals surface area (Å²) in [6.45, 7) is 6.99. The third kappa shape index (κ3) is 11.4. The molecule has 4 amide bonds. The van der Waals surface area contributed by atoms with Crippen LogP contribution in [0, 0.1) is 11.8 Å². The van der Waals surface area contributed by atoms with Crippen LogP contribution in [0.3, 0.4) is 0 Å². The third-order valence-electron chi connectivity index (χ3n) is 5.35. The lowest BCUT2D eigenvalue weighted by molar-refractivity contribution is -0.143. The minimum Gasteiger partial charge on any atom is -0.480 e. The minimum atomic E-state index is -1.22. The number of amides is 4. The van der Waals surface area contributed by atoms with Gasteiger partial charge in [0.25, 0.3) is 0 Å². The van der Waals surface area contributed by atoms with E-state index in [0.29, 0.717) is 18.6 Å². The van der Waals surface area contributed by atoms with Crippen LogP contribution in [0.15, 0.2) is 0 Å². The largest absolute Gasteiger partial charge is 0.480 e. The van der Waals surface area contributed by atoms with Gasteiger partial charge in [-0.05, 0) is 36.7 Å². The van der Waals surface area contributed by atoms with Crippen LogP contribution in [0.1, 0.15) is 53.4 Å². The molecule has 0 aromatic carbocycles. The first-order valence-electron chi connectivity index (χ1n) is 11.0. The number of nitrogens with two attached hydrogens (primary N) is 2. The van der Waals surface area contributed by atoms with Crippen molar-refractivity contribution in [3.63, 3.8) is 0 Å². The quantitative estimate of drug-likeness (QED) is 0.168. The van der Waals surface area contributed by atoms with Crippen LogP contribution in [-0.2, 0) is 24.0 Å². The Morgan fingerprint density at radius 1 is 0.909 bits per heavy atom. The number of hydrogen-bond acceptors (Lipinski definition) is 7. The Morgan fingerprint density at radius 3 is 1.88 bits per heavy atom. The molecule has 5 atom stereocenters. The number of rotatable bonds is 16. The van der Waals surface area contributed by atoms with Gasteiger partial charge in [-0.25, -0.2) is 4.79 Å². The van der Waals surface area contributed by atoms with Crippen LogP contribution in [0.5, 0.6) is 0 Å². The second kappa shape index (κ2) is 15.5. The molecule has 0 aliphatic rings. The molecule has 5 unspecified atom stereocenters. The van der Waals surface area contributed by atoms with Crippen LogP contribution in [0.4, 0.5) is 0 Å². The zero-order chi connectivity index (χ0) is 25.7. The van der Waals surface area contributed by atoms with Gasteiger partial charge < -0.3 is 32.5 Å². The summed E-state index contributed by atoms with van der Waals surface area (Å²) in [5.74, 6) is -3.69. The summed E-state index contributed by atoms with van der Waals surface area (Å²) in [7, 11) is 0. The Kier molecular flexibility index (Phi) is 14.4. The fourth-order valence-corrected chi connectivity index (χ4v) is 3.35. The minimum absolute atomic E-state index is 0.0904. The molecule has 190 valence electrons. The molecule has 0 rings (SSSR count). The molecular formula is C21H39N5O6S. The predicted molar refractivity (Wildman–Crippen MR) is 127 cm³/mol. The topological polar surface area (TPSA) is 194 Å². The molecule has 0 saturated heterocycles. The summed E-state index contributed by atoms with van der Waals surface area (Å²) < 4.78 is 0. The van der Waals surface area contributed by atoms with Gasteiger partial charge in [0.05, 0.1) is 6.04 Å². The molecule has 0 spiro atoms. The number of thioether (sulfide) groups is 1. The van der Waals surface area contributed by atoms with E-state index in [9.17, 15) is 29.1 Å². The van der Waals surface area contributed by atoms with E-state index in [1.165, 1.54) is 11.8 Å². The van der Waals surface area contributed by atoms with E-state index >= 15 is 0 Å². The fourth-order valence-electron chi connectivity index (χ4n) is 2.88. The van der Waals surface area contributed by atoms with Crippen LogP contribution in [-0.4, -0.2) is 70.9 Å². The average Bonchev–Trinajstić information content (AvgIpc) is 2.75. The molecule has 0 heterocycles. The van der Waals surface area contributed by atoms with Gasteiger partial charge >= 0.3 is 5.97 Å². The molecule has 12 heteroatoms. The molecular weight excluding hydrogens is 450 g/mol. The zero-order valence-electron chi connectivity index (χ0n) is 20.1. The van der Waals surface area contributed by atoms with Gasteiger partial charge in [0.15, 0.2) is 0 Å². The van der Waals surface area contributed by atoms with Gasteiger partial charge in [0.1, 0.15) is 18.1 Å². The summed E-state index contributed by atoms with van der Waals surface area (Å²) in [4.78, 5) is 60.9. The number of nitrogens with one attached hydrogen (secondary N) is 3. The second-order valence-corrected chi connectivity index (χ2v) is 9.37. The van der Waals surface area contributed by atoms with Gasteiger partial charge in [0, 0.05) is 6.42 Å². The molecule has 0 aromatic rings.